The Labute approximate surface area is 183 Å². The lowest BCUT2D eigenvalue weighted by atomic mass is 9.87. The van der Waals surface area contributed by atoms with Crippen molar-refractivity contribution in [2.24, 2.45) is 0 Å². The number of nitrogens with zero attached hydrogens (tertiary/aromatic N) is 3. The van der Waals surface area contributed by atoms with Gasteiger partial charge in [0.25, 0.3) is 0 Å². The van der Waals surface area contributed by atoms with Crippen LogP contribution in [0.5, 0.6) is 11.5 Å². The third-order valence-electron chi connectivity index (χ3n) is 6.00. The molecule has 2 aromatic carbocycles. The fourth-order valence-electron chi connectivity index (χ4n) is 3.80. The summed E-state index contributed by atoms with van der Waals surface area (Å²) in [6.45, 7) is 9.98. The van der Waals surface area contributed by atoms with Gasteiger partial charge in [0.2, 0.25) is 13.2 Å². The SMILES string of the molecule is CC(C)(C)c1ccc(Oc2cc(CCP(=O)(N3CCC3)N3CC3)ccc2[N+](=O)[O-])cc1. The predicted octanol–water partition coefficient (Wildman–Crippen LogP) is 5.44. The molecule has 2 saturated heterocycles. The average molecular weight is 443 g/mol. The second-order valence-electron chi connectivity index (χ2n) is 9.33. The molecule has 0 spiro atoms. The summed E-state index contributed by atoms with van der Waals surface area (Å²) in [7, 11) is -2.49. The van der Waals surface area contributed by atoms with Crippen LogP contribution >= 0.6 is 7.44 Å². The summed E-state index contributed by atoms with van der Waals surface area (Å²) in [4.78, 5) is 11.1. The number of benzene rings is 2. The third kappa shape index (κ3) is 4.84. The van der Waals surface area contributed by atoms with Crippen molar-refractivity contribution in [3.05, 3.63) is 63.7 Å². The summed E-state index contributed by atoms with van der Waals surface area (Å²) in [5, 5.41) is 11.5. The first-order chi connectivity index (χ1) is 14.7. The molecule has 4 rings (SSSR count). The summed E-state index contributed by atoms with van der Waals surface area (Å²) < 4.78 is 23.6. The summed E-state index contributed by atoms with van der Waals surface area (Å²) in [6, 6.07) is 12.6. The Morgan fingerprint density at radius 1 is 1.03 bits per heavy atom. The standard InChI is InChI=1S/C23H30N3O4P/c1-23(2,3)19-6-8-20(9-7-19)30-22-17-18(5-10-21(22)26(27)28)11-16-31(29,25-14-15-25)24-12-4-13-24/h5-10,17H,4,11-16H2,1-3H3. The lowest BCUT2D eigenvalue weighted by Crippen LogP contribution is -2.37. The van der Waals surface area contributed by atoms with Crippen molar-refractivity contribution in [1.82, 2.24) is 9.34 Å². The smallest absolute Gasteiger partial charge is 0.311 e. The molecule has 1 unspecified atom stereocenters. The maximum absolute atomic E-state index is 13.5. The fourth-order valence-corrected chi connectivity index (χ4v) is 6.90. The molecule has 2 heterocycles. The minimum atomic E-state index is -2.49. The molecule has 31 heavy (non-hydrogen) atoms. The van der Waals surface area contributed by atoms with Crippen LogP contribution in [0.25, 0.3) is 0 Å². The number of rotatable bonds is 8. The van der Waals surface area contributed by atoms with E-state index in [4.69, 9.17) is 4.74 Å². The molecule has 0 aromatic heterocycles. The first-order valence-electron chi connectivity index (χ1n) is 10.8. The van der Waals surface area contributed by atoms with Gasteiger partial charge in [-0.25, -0.2) is 9.34 Å². The van der Waals surface area contributed by atoms with Gasteiger partial charge in [0, 0.05) is 38.4 Å². The largest absolute Gasteiger partial charge is 0.450 e. The number of aryl methyl sites for hydroxylation is 1. The van der Waals surface area contributed by atoms with Crippen LogP contribution < -0.4 is 4.74 Å². The molecule has 1 atom stereocenters. The lowest BCUT2D eigenvalue weighted by molar-refractivity contribution is -0.385. The van der Waals surface area contributed by atoms with Gasteiger partial charge < -0.3 is 4.74 Å². The van der Waals surface area contributed by atoms with Crippen LogP contribution in [-0.4, -0.2) is 46.6 Å². The molecule has 8 heteroatoms. The van der Waals surface area contributed by atoms with Gasteiger partial charge >= 0.3 is 5.69 Å². The van der Waals surface area contributed by atoms with Gasteiger partial charge in [0.15, 0.2) is 0 Å². The molecular weight excluding hydrogens is 413 g/mol. The fraction of sp³-hybridized carbons (Fsp3) is 0.478. The number of hydrogen-bond acceptors (Lipinski definition) is 4. The van der Waals surface area contributed by atoms with E-state index in [-0.39, 0.29) is 16.9 Å². The first-order valence-corrected chi connectivity index (χ1v) is 12.6. The van der Waals surface area contributed by atoms with Crippen LogP contribution in [0.2, 0.25) is 0 Å². The Hall–Kier alpha value is -2.21. The molecule has 2 aliphatic heterocycles. The zero-order valence-corrected chi connectivity index (χ0v) is 19.3. The van der Waals surface area contributed by atoms with Crippen LogP contribution in [-0.2, 0) is 16.4 Å². The minimum absolute atomic E-state index is 0.0203. The Bertz CT molecular complexity index is 1010. The highest BCUT2D eigenvalue weighted by atomic mass is 31.2. The zero-order valence-electron chi connectivity index (χ0n) is 18.4. The highest BCUT2D eigenvalue weighted by Gasteiger charge is 2.44. The molecule has 0 N–H and O–H groups in total. The molecule has 0 radical (unpaired) electrons. The van der Waals surface area contributed by atoms with Crippen molar-refractivity contribution in [2.75, 3.05) is 32.3 Å². The summed E-state index contributed by atoms with van der Waals surface area (Å²) in [6.07, 6.45) is 2.26. The Balaban J connectivity index is 1.52. The summed E-state index contributed by atoms with van der Waals surface area (Å²) >= 11 is 0. The summed E-state index contributed by atoms with van der Waals surface area (Å²) in [5.74, 6) is 0.778. The van der Waals surface area contributed by atoms with Gasteiger partial charge in [0.1, 0.15) is 5.75 Å². The van der Waals surface area contributed by atoms with Crippen molar-refractivity contribution in [3.8, 4) is 11.5 Å². The first kappa shape index (κ1) is 22.0. The van der Waals surface area contributed by atoms with Crippen LogP contribution in [0.1, 0.15) is 38.3 Å². The lowest BCUT2D eigenvalue weighted by Gasteiger charge is -2.38. The highest BCUT2D eigenvalue weighted by Crippen LogP contribution is 2.59. The van der Waals surface area contributed by atoms with Crippen LogP contribution in [0.4, 0.5) is 5.69 Å². The second-order valence-corrected chi connectivity index (χ2v) is 12.2. The van der Waals surface area contributed by atoms with E-state index in [9.17, 15) is 14.7 Å². The monoisotopic (exact) mass is 443 g/mol. The molecule has 0 amide bonds. The van der Waals surface area contributed by atoms with E-state index in [1.165, 1.54) is 11.6 Å². The Morgan fingerprint density at radius 2 is 1.68 bits per heavy atom. The van der Waals surface area contributed by atoms with Crippen molar-refractivity contribution in [3.63, 3.8) is 0 Å². The van der Waals surface area contributed by atoms with E-state index >= 15 is 0 Å². The van der Waals surface area contributed by atoms with Crippen LogP contribution in [0.15, 0.2) is 42.5 Å². The minimum Gasteiger partial charge on any atom is -0.450 e. The van der Waals surface area contributed by atoms with Crippen molar-refractivity contribution in [1.29, 1.82) is 0 Å². The molecule has 0 saturated carbocycles. The Kier molecular flexibility index (Phi) is 5.95. The van der Waals surface area contributed by atoms with Crippen LogP contribution in [0, 0.1) is 10.1 Å². The summed E-state index contributed by atoms with van der Waals surface area (Å²) in [5.41, 5.74) is 2.02. The third-order valence-corrected chi connectivity index (χ3v) is 9.37. The van der Waals surface area contributed by atoms with Gasteiger partial charge in [-0.1, -0.05) is 39.0 Å². The average Bonchev–Trinajstić information content (AvgIpc) is 3.50. The Morgan fingerprint density at radius 3 is 2.19 bits per heavy atom. The van der Waals surface area contributed by atoms with Crippen molar-refractivity contribution in [2.45, 2.75) is 39.0 Å². The van der Waals surface area contributed by atoms with E-state index in [2.05, 4.69) is 30.1 Å². The van der Waals surface area contributed by atoms with E-state index in [1.54, 1.807) is 12.1 Å². The number of nitro benzene ring substituents is 1. The molecule has 7 nitrogen and oxygen atoms in total. The highest BCUT2D eigenvalue weighted by molar-refractivity contribution is 7.59. The van der Waals surface area contributed by atoms with E-state index < -0.39 is 12.4 Å². The maximum atomic E-state index is 13.5. The van der Waals surface area contributed by atoms with Gasteiger partial charge in [-0.05, 0) is 47.6 Å². The van der Waals surface area contributed by atoms with Gasteiger partial charge in [-0.3, -0.25) is 14.7 Å². The maximum Gasteiger partial charge on any atom is 0.311 e. The second kappa shape index (κ2) is 8.38. The normalized spacial score (nSPS) is 18.8. The zero-order chi connectivity index (χ0) is 22.2. The molecule has 2 aliphatic rings. The van der Waals surface area contributed by atoms with Crippen LogP contribution in [0.3, 0.4) is 0 Å². The van der Waals surface area contributed by atoms with Crippen molar-refractivity contribution >= 4 is 13.1 Å². The van der Waals surface area contributed by atoms with Gasteiger partial charge in [0.05, 0.1) is 4.92 Å². The van der Waals surface area contributed by atoms with Gasteiger partial charge in [-0.2, -0.15) is 0 Å². The number of hydrogen-bond donors (Lipinski definition) is 0. The topological polar surface area (TPSA) is 75.7 Å². The van der Waals surface area contributed by atoms with Crippen molar-refractivity contribution < 1.29 is 14.2 Å². The molecule has 2 fully saturated rings. The predicted molar refractivity (Wildman–Crippen MR) is 122 cm³/mol. The quantitative estimate of drug-likeness (QED) is 0.234. The molecular formula is C23H30N3O4P. The number of ether oxygens (including phenoxy) is 1. The molecule has 0 aliphatic carbocycles. The molecule has 2 aromatic rings. The van der Waals surface area contributed by atoms with E-state index in [0.717, 1.165) is 38.2 Å². The van der Waals surface area contributed by atoms with Gasteiger partial charge in [-0.15, -0.1) is 0 Å². The molecule has 166 valence electrons. The van der Waals surface area contributed by atoms with E-state index in [0.29, 0.717) is 18.3 Å². The van der Waals surface area contributed by atoms with E-state index in [1.807, 2.05) is 24.3 Å². The molecule has 0 bridgehead atoms. The number of nitro groups is 1.